The summed E-state index contributed by atoms with van der Waals surface area (Å²) in [5.41, 5.74) is 1.30. The standard InChI is InChI=1S/C17H27N5S/c1-17(2,3)14-13-23-15(21-14)7-8-19-16(18-4)20-9-12-22-10-5-6-11-22/h5-6,10-11,13H,7-9,12H2,1-4H3,(H2,18,19,20). The minimum Gasteiger partial charge on any atom is -0.356 e. The zero-order chi connectivity index (χ0) is 16.7. The van der Waals surface area contributed by atoms with Crippen LogP contribution in [0.25, 0.3) is 0 Å². The van der Waals surface area contributed by atoms with E-state index in [-0.39, 0.29) is 5.41 Å². The lowest BCUT2D eigenvalue weighted by molar-refractivity contribution is 0.570. The lowest BCUT2D eigenvalue weighted by atomic mass is 9.93. The van der Waals surface area contributed by atoms with Crippen LogP contribution in [0.2, 0.25) is 0 Å². The van der Waals surface area contributed by atoms with Gasteiger partial charge in [-0.25, -0.2) is 4.98 Å². The van der Waals surface area contributed by atoms with Crippen LogP contribution in [0.1, 0.15) is 31.5 Å². The summed E-state index contributed by atoms with van der Waals surface area (Å²) >= 11 is 1.74. The summed E-state index contributed by atoms with van der Waals surface area (Å²) in [6.45, 7) is 9.19. The lowest BCUT2D eigenvalue weighted by Gasteiger charge is -2.14. The molecule has 0 saturated carbocycles. The highest BCUT2D eigenvalue weighted by Crippen LogP contribution is 2.23. The van der Waals surface area contributed by atoms with Gasteiger partial charge < -0.3 is 15.2 Å². The molecule has 0 aliphatic heterocycles. The summed E-state index contributed by atoms with van der Waals surface area (Å²) in [6.07, 6.45) is 5.04. The minimum absolute atomic E-state index is 0.123. The van der Waals surface area contributed by atoms with Crippen molar-refractivity contribution in [3.8, 4) is 0 Å². The Kier molecular flexibility index (Phi) is 6.21. The van der Waals surface area contributed by atoms with E-state index in [0.29, 0.717) is 0 Å². The van der Waals surface area contributed by atoms with E-state index in [4.69, 9.17) is 4.98 Å². The molecule has 126 valence electrons. The molecule has 0 saturated heterocycles. The highest BCUT2D eigenvalue weighted by molar-refractivity contribution is 7.09. The molecule has 2 aromatic heterocycles. The molecule has 0 atom stereocenters. The average Bonchev–Trinajstić information content (AvgIpc) is 3.16. The van der Waals surface area contributed by atoms with E-state index in [1.807, 2.05) is 12.1 Å². The average molecular weight is 334 g/mol. The summed E-state index contributed by atoms with van der Waals surface area (Å²) < 4.78 is 2.14. The Hall–Kier alpha value is -1.82. The molecule has 0 radical (unpaired) electrons. The van der Waals surface area contributed by atoms with E-state index in [1.165, 1.54) is 10.7 Å². The molecular weight excluding hydrogens is 306 g/mol. The van der Waals surface area contributed by atoms with Crippen molar-refractivity contribution in [2.75, 3.05) is 20.1 Å². The Balaban J connectivity index is 1.70. The van der Waals surface area contributed by atoms with Crippen molar-refractivity contribution in [2.24, 2.45) is 4.99 Å². The molecular formula is C17H27N5S. The second-order valence-electron chi connectivity index (χ2n) is 6.47. The fourth-order valence-electron chi connectivity index (χ4n) is 2.10. The number of nitrogens with zero attached hydrogens (tertiary/aromatic N) is 3. The third-order valence-corrected chi connectivity index (χ3v) is 4.41. The van der Waals surface area contributed by atoms with E-state index in [0.717, 1.165) is 32.0 Å². The van der Waals surface area contributed by atoms with Crippen molar-refractivity contribution in [3.05, 3.63) is 40.6 Å². The summed E-state index contributed by atoms with van der Waals surface area (Å²) in [7, 11) is 1.80. The molecule has 2 aromatic rings. The van der Waals surface area contributed by atoms with E-state index >= 15 is 0 Å². The van der Waals surface area contributed by atoms with Crippen LogP contribution in [0.15, 0.2) is 34.9 Å². The molecule has 23 heavy (non-hydrogen) atoms. The predicted octanol–water partition coefficient (Wildman–Crippen LogP) is 2.65. The van der Waals surface area contributed by atoms with E-state index < -0.39 is 0 Å². The van der Waals surface area contributed by atoms with E-state index in [9.17, 15) is 0 Å². The first kappa shape index (κ1) is 17.5. The van der Waals surface area contributed by atoms with Gasteiger partial charge in [0, 0.05) is 56.3 Å². The zero-order valence-corrected chi connectivity index (χ0v) is 15.3. The second kappa shape index (κ2) is 8.15. The van der Waals surface area contributed by atoms with Gasteiger partial charge >= 0.3 is 0 Å². The number of hydrogen-bond donors (Lipinski definition) is 2. The smallest absolute Gasteiger partial charge is 0.191 e. The minimum atomic E-state index is 0.123. The summed E-state index contributed by atoms with van der Waals surface area (Å²) in [4.78, 5) is 8.97. The maximum absolute atomic E-state index is 4.72. The molecule has 0 aliphatic carbocycles. The van der Waals surface area contributed by atoms with Gasteiger partial charge in [0.25, 0.3) is 0 Å². The first-order valence-corrected chi connectivity index (χ1v) is 8.87. The summed E-state index contributed by atoms with van der Waals surface area (Å²) in [5.74, 6) is 0.838. The molecule has 5 nitrogen and oxygen atoms in total. The number of hydrogen-bond acceptors (Lipinski definition) is 3. The molecule has 2 heterocycles. The second-order valence-corrected chi connectivity index (χ2v) is 7.42. The highest BCUT2D eigenvalue weighted by atomic mass is 32.1. The van der Waals surface area contributed by atoms with Crippen LogP contribution in [0, 0.1) is 0 Å². The van der Waals surface area contributed by atoms with Gasteiger partial charge in [-0.3, -0.25) is 4.99 Å². The Morgan fingerprint density at radius 2 is 1.91 bits per heavy atom. The quantitative estimate of drug-likeness (QED) is 0.631. The largest absolute Gasteiger partial charge is 0.356 e. The topological polar surface area (TPSA) is 54.2 Å². The molecule has 0 spiro atoms. The molecule has 0 amide bonds. The van der Waals surface area contributed by atoms with Crippen LogP contribution < -0.4 is 10.6 Å². The first-order valence-electron chi connectivity index (χ1n) is 7.99. The number of guanidine groups is 1. The Labute approximate surface area is 142 Å². The van der Waals surface area contributed by atoms with Crippen LogP contribution in [0.5, 0.6) is 0 Å². The normalized spacial score (nSPS) is 12.4. The van der Waals surface area contributed by atoms with Crippen molar-refractivity contribution in [1.29, 1.82) is 0 Å². The van der Waals surface area contributed by atoms with Gasteiger partial charge in [-0.1, -0.05) is 20.8 Å². The Morgan fingerprint density at radius 1 is 1.22 bits per heavy atom. The Morgan fingerprint density at radius 3 is 2.52 bits per heavy atom. The maximum Gasteiger partial charge on any atom is 0.191 e. The molecule has 0 aliphatic rings. The summed E-state index contributed by atoms with van der Waals surface area (Å²) in [6, 6.07) is 4.07. The van der Waals surface area contributed by atoms with Gasteiger partial charge in [0.05, 0.1) is 10.7 Å². The van der Waals surface area contributed by atoms with Crippen molar-refractivity contribution < 1.29 is 0 Å². The zero-order valence-electron chi connectivity index (χ0n) is 14.5. The number of aromatic nitrogens is 2. The van der Waals surface area contributed by atoms with Crippen molar-refractivity contribution >= 4 is 17.3 Å². The third-order valence-electron chi connectivity index (χ3n) is 3.50. The fourth-order valence-corrected chi connectivity index (χ4v) is 3.13. The molecule has 0 unspecified atom stereocenters. The van der Waals surface area contributed by atoms with Gasteiger partial charge in [-0.2, -0.15) is 0 Å². The maximum atomic E-state index is 4.72. The molecule has 0 fully saturated rings. The van der Waals surface area contributed by atoms with E-state index in [1.54, 1.807) is 18.4 Å². The summed E-state index contributed by atoms with van der Waals surface area (Å²) in [5, 5.41) is 10.0. The molecule has 6 heteroatoms. The van der Waals surface area contributed by atoms with Crippen molar-refractivity contribution in [1.82, 2.24) is 20.2 Å². The number of rotatable bonds is 6. The van der Waals surface area contributed by atoms with Crippen LogP contribution in [-0.2, 0) is 18.4 Å². The van der Waals surface area contributed by atoms with Crippen LogP contribution >= 0.6 is 11.3 Å². The van der Waals surface area contributed by atoms with Crippen LogP contribution in [-0.4, -0.2) is 35.6 Å². The fraction of sp³-hybridized carbons (Fsp3) is 0.529. The van der Waals surface area contributed by atoms with Gasteiger partial charge in [-0.15, -0.1) is 11.3 Å². The lowest BCUT2D eigenvalue weighted by Crippen LogP contribution is -2.39. The van der Waals surface area contributed by atoms with Crippen molar-refractivity contribution in [2.45, 2.75) is 39.2 Å². The predicted molar refractivity (Wildman–Crippen MR) is 98.3 cm³/mol. The van der Waals surface area contributed by atoms with Gasteiger partial charge in [0.2, 0.25) is 0 Å². The van der Waals surface area contributed by atoms with Crippen molar-refractivity contribution in [3.63, 3.8) is 0 Å². The molecule has 2 N–H and O–H groups in total. The molecule has 2 rings (SSSR count). The molecule has 0 bridgehead atoms. The first-order chi connectivity index (χ1) is 11.0. The number of thiazole rings is 1. The number of aliphatic imine (C=N–C) groups is 1. The monoisotopic (exact) mass is 333 g/mol. The van der Waals surface area contributed by atoms with Crippen LogP contribution in [0.4, 0.5) is 0 Å². The molecule has 0 aromatic carbocycles. The van der Waals surface area contributed by atoms with Gasteiger partial charge in [0.15, 0.2) is 5.96 Å². The van der Waals surface area contributed by atoms with Gasteiger partial charge in [-0.05, 0) is 12.1 Å². The Bertz CT molecular complexity index is 607. The number of nitrogens with one attached hydrogen (secondary N) is 2. The highest BCUT2D eigenvalue weighted by Gasteiger charge is 2.17. The van der Waals surface area contributed by atoms with Crippen LogP contribution in [0.3, 0.4) is 0 Å². The SMILES string of the molecule is CN=C(NCCc1nc(C(C)(C)C)cs1)NCCn1cccc1. The third kappa shape index (κ3) is 5.71. The van der Waals surface area contributed by atoms with E-state index in [2.05, 4.69) is 58.7 Å². The van der Waals surface area contributed by atoms with Gasteiger partial charge in [0.1, 0.15) is 0 Å².